The zero-order valence-electron chi connectivity index (χ0n) is 18.9. The first kappa shape index (κ1) is 21.9. The SMILES string of the molecule is COc1ccc(C(O)=C2C(=O)C(=O)N(c3nc4c(C)cc(C)cc4s3)[C@@H]2c2ccccc2)cc1. The Morgan fingerprint density at radius 2 is 1.74 bits per heavy atom. The average Bonchev–Trinajstić information content (AvgIpc) is 3.38. The number of fused-ring (bicyclic) bond motifs is 1. The first-order chi connectivity index (χ1) is 16.4. The molecule has 1 fully saturated rings. The van der Waals surface area contributed by atoms with Gasteiger partial charge in [0, 0.05) is 5.56 Å². The summed E-state index contributed by atoms with van der Waals surface area (Å²) in [6.07, 6.45) is 0. The zero-order chi connectivity index (χ0) is 24.0. The van der Waals surface area contributed by atoms with Crippen LogP contribution in [0.3, 0.4) is 0 Å². The summed E-state index contributed by atoms with van der Waals surface area (Å²) in [6.45, 7) is 3.99. The van der Waals surface area contributed by atoms with Crippen LogP contribution in [-0.4, -0.2) is 28.9 Å². The largest absolute Gasteiger partial charge is 0.507 e. The maximum atomic E-state index is 13.3. The molecule has 1 saturated heterocycles. The van der Waals surface area contributed by atoms with E-state index in [4.69, 9.17) is 9.72 Å². The predicted octanol–water partition coefficient (Wildman–Crippen LogP) is 5.55. The van der Waals surface area contributed by atoms with Crippen molar-refractivity contribution in [2.24, 2.45) is 0 Å². The third-order valence-corrected chi connectivity index (χ3v) is 6.95. The number of ketones is 1. The number of amides is 1. The van der Waals surface area contributed by atoms with Gasteiger partial charge in [0.1, 0.15) is 11.5 Å². The summed E-state index contributed by atoms with van der Waals surface area (Å²) in [5.41, 5.74) is 4.08. The number of aryl methyl sites for hydroxylation is 2. The highest BCUT2D eigenvalue weighted by molar-refractivity contribution is 7.22. The number of hydrogen-bond acceptors (Lipinski definition) is 6. The molecule has 0 aliphatic carbocycles. The number of benzene rings is 3. The third kappa shape index (κ3) is 3.54. The summed E-state index contributed by atoms with van der Waals surface area (Å²) in [6, 6.07) is 19.2. The number of carbonyl (C=O) groups is 2. The van der Waals surface area contributed by atoms with E-state index < -0.39 is 17.7 Å². The minimum absolute atomic E-state index is 0.0357. The number of aliphatic hydroxyl groups excluding tert-OH is 1. The van der Waals surface area contributed by atoms with Crippen molar-refractivity contribution in [3.05, 3.63) is 94.6 Å². The van der Waals surface area contributed by atoms with Crippen LogP contribution in [0, 0.1) is 13.8 Å². The molecule has 1 aromatic heterocycles. The summed E-state index contributed by atoms with van der Waals surface area (Å²) in [5, 5.41) is 11.6. The predicted molar refractivity (Wildman–Crippen MR) is 133 cm³/mol. The fourth-order valence-corrected chi connectivity index (χ4v) is 5.52. The van der Waals surface area contributed by atoms with E-state index >= 15 is 0 Å². The summed E-state index contributed by atoms with van der Waals surface area (Å²) in [7, 11) is 1.55. The van der Waals surface area contributed by atoms with Gasteiger partial charge < -0.3 is 9.84 Å². The van der Waals surface area contributed by atoms with Crippen molar-refractivity contribution < 1.29 is 19.4 Å². The molecule has 6 nitrogen and oxygen atoms in total. The van der Waals surface area contributed by atoms with Gasteiger partial charge in [0.15, 0.2) is 5.13 Å². The number of hydrogen-bond donors (Lipinski definition) is 1. The van der Waals surface area contributed by atoms with Crippen molar-refractivity contribution in [3.63, 3.8) is 0 Å². The van der Waals surface area contributed by atoms with Gasteiger partial charge in [-0.25, -0.2) is 4.98 Å². The van der Waals surface area contributed by atoms with Crippen molar-refractivity contribution >= 4 is 44.1 Å². The number of carbonyl (C=O) groups excluding carboxylic acids is 2. The van der Waals surface area contributed by atoms with Gasteiger partial charge in [0.25, 0.3) is 5.78 Å². The number of nitrogens with zero attached hydrogens (tertiary/aromatic N) is 2. The van der Waals surface area contributed by atoms with E-state index in [-0.39, 0.29) is 11.3 Å². The smallest absolute Gasteiger partial charge is 0.301 e. The van der Waals surface area contributed by atoms with Crippen LogP contribution >= 0.6 is 11.3 Å². The number of rotatable bonds is 4. The fourth-order valence-electron chi connectivity index (χ4n) is 4.35. The molecule has 0 spiro atoms. The summed E-state index contributed by atoms with van der Waals surface area (Å²) in [5.74, 6) is -1.06. The molecular weight excluding hydrogens is 448 g/mol. The Kier molecular flexibility index (Phi) is 5.42. The van der Waals surface area contributed by atoms with Gasteiger partial charge in [-0.05, 0) is 60.9 Å². The highest BCUT2D eigenvalue weighted by Crippen LogP contribution is 2.44. The standard InChI is InChI=1S/C27H22N2O4S/c1-15-13-16(2)22-20(14-15)34-27(28-22)29-23(17-7-5-4-6-8-17)21(25(31)26(29)32)24(30)18-9-11-19(33-3)12-10-18/h4-14,23,30H,1-3H3/t23-/m1/s1. The van der Waals surface area contributed by atoms with Gasteiger partial charge in [-0.1, -0.05) is 47.7 Å². The van der Waals surface area contributed by atoms with Crippen molar-refractivity contribution in [1.29, 1.82) is 0 Å². The normalized spacial score (nSPS) is 17.5. The average molecular weight is 471 g/mol. The van der Waals surface area contributed by atoms with Gasteiger partial charge in [0.2, 0.25) is 0 Å². The van der Waals surface area contributed by atoms with Crippen molar-refractivity contribution in [2.75, 3.05) is 12.0 Å². The molecule has 4 aromatic rings. The Balaban J connectivity index is 1.71. The van der Waals surface area contributed by atoms with E-state index in [1.165, 1.54) is 16.2 Å². The number of methoxy groups -OCH3 is 1. The van der Waals surface area contributed by atoms with Gasteiger partial charge in [-0.3, -0.25) is 14.5 Å². The first-order valence-corrected chi connectivity index (χ1v) is 11.6. The first-order valence-electron chi connectivity index (χ1n) is 10.8. The van der Waals surface area contributed by atoms with Crippen LogP contribution in [0.25, 0.3) is 16.0 Å². The lowest BCUT2D eigenvalue weighted by atomic mass is 9.95. The van der Waals surface area contributed by atoms with Crippen LogP contribution in [0.4, 0.5) is 5.13 Å². The van der Waals surface area contributed by atoms with E-state index in [0.717, 1.165) is 21.3 Å². The van der Waals surface area contributed by atoms with Gasteiger partial charge in [-0.2, -0.15) is 0 Å². The topological polar surface area (TPSA) is 79.7 Å². The summed E-state index contributed by atoms with van der Waals surface area (Å²) in [4.78, 5) is 32.8. The Morgan fingerprint density at radius 3 is 2.41 bits per heavy atom. The molecule has 2 heterocycles. The molecule has 34 heavy (non-hydrogen) atoms. The molecule has 0 radical (unpaired) electrons. The van der Waals surface area contributed by atoms with Crippen LogP contribution in [0.1, 0.15) is 28.3 Å². The van der Waals surface area contributed by atoms with Crippen molar-refractivity contribution in [3.8, 4) is 5.75 Å². The zero-order valence-corrected chi connectivity index (χ0v) is 19.7. The van der Waals surface area contributed by atoms with E-state index in [1.54, 1.807) is 31.4 Å². The van der Waals surface area contributed by atoms with Crippen LogP contribution in [0.5, 0.6) is 5.75 Å². The molecule has 0 saturated carbocycles. The monoisotopic (exact) mass is 470 g/mol. The van der Waals surface area contributed by atoms with Crippen LogP contribution in [-0.2, 0) is 9.59 Å². The Morgan fingerprint density at radius 1 is 1.03 bits per heavy atom. The number of aliphatic hydroxyl groups is 1. The van der Waals surface area contributed by atoms with Crippen molar-refractivity contribution in [1.82, 2.24) is 4.98 Å². The fraction of sp³-hybridized carbons (Fsp3) is 0.148. The molecule has 5 rings (SSSR count). The van der Waals surface area contributed by atoms with E-state index in [0.29, 0.717) is 22.0 Å². The van der Waals surface area contributed by atoms with Gasteiger partial charge in [0.05, 0.1) is 28.9 Å². The molecule has 0 unspecified atom stereocenters. The second-order valence-corrected chi connectivity index (χ2v) is 9.24. The molecule has 1 N–H and O–H groups in total. The third-order valence-electron chi connectivity index (χ3n) is 5.95. The molecule has 170 valence electrons. The Hall–Kier alpha value is -3.97. The number of thiazole rings is 1. The Bertz CT molecular complexity index is 1460. The quantitative estimate of drug-likeness (QED) is 0.240. The molecule has 1 aliphatic rings. The minimum atomic E-state index is -0.801. The maximum absolute atomic E-state index is 13.3. The van der Waals surface area contributed by atoms with Crippen molar-refractivity contribution in [2.45, 2.75) is 19.9 Å². The molecule has 1 atom stereocenters. The lowest BCUT2D eigenvalue weighted by Gasteiger charge is -2.22. The van der Waals surface area contributed by atoms with E-state index in [1.807, 2.05) is 56.3 Å². The van der Waals surface area contributed by atoms with E-state index in [2.05, 4.69) is 0 Å². The highest BCUT2D eigenvalue weighted by Gasteiger charge is 2.48. The maximum Gasteiger partial charge on any atom is 0.301 e. The van der Waals surface area contributed by atoms with Crippen LogP contribution in [0.2, 0.25) is 0 Å². The van der Waals surface area contributed by atoms with E-state index in [9.17, 15) is 14.7 Å². The van der Waals surface area contributed by atoms with Crippen LogP contribution in [0.15, 0.2) is 72.3 Å². The highest BCUT2D eigenvalue weighted by atomic mass is 32.1. The van der Waals surface area contributed by atoms with Gasteiger partial charge in [-0.15, -0.1) is 0 Å². The number of anilines is 1. The number of aromatic nitrogens is 1. The second kappa shape index (κ2) is 8.43. The van der Waals surface area contributed by atoms with Gasteiger partial charge >= 0.3 is 5.91 Å². The molecule has 3 aromatic carbocycles. The lowest BCUT2D eigenvalue weighted by Crippen LogP contribution is -2.29. The molecule has 1 aliphatic heterocycles. The van der Waals surface area contributed by atoms with Crippen LogP contribution < -0.4 is 9.64 Å². The number of ether oxygens (including phenoxy) is 1. The summed E-state index contributed by atoms with van der Waals surface area (Å²) < 4.78 is 6.13. The molecule has 7 heteroatoms. The molecular formula is C27H22N2O4S. The molecule has 0 bridgehead atoms. The Labute approximate surface area is 200 Å². The second-order valence-electron chi connectivity index (χ2n) is 8.23. The number of Topliss-reactive ketones (excluding diaryl/α,β-unsaturated/α-hetero) is 1. The minimum Gasteiger partial charge on any atom is -0.507 e. The lowest BCUT2D eigenvalue weighted by molar-refractivity contribution is -0.132. The molecule has 1 amide bonds. The summed E-state index contributed by atoms with van der Waals surface area (Å²) >= 11 is 1.36.